The number of nitrogens with one attached hydrogen (secondary N) is 2. The second-order valence-electron chi connectivity index (χ2n) is 3.77. The topological polar surface area (TPSA) is 87.7 Å². The number of urea groups is 1. The summed E-state index contributed by atoms with van der Waals surface area (Å²) in [6, 6.07) is -1.24. The molecule has 19 heavy (non-hydrogen) atoms. The Bertz CT molecular complexity index is 344. The molecule has 0 aliphatic carbocycles. The molecule has 0 aliphatic heterocycles. The summed E-state index contributed by atoms with van der Waals surface area (Å²) in [5.41, 5.74) is 0. The molecule has 1 atom stereocenters. The zero-order chi connectivity index (χ0) is 14.8. The van der Waals surface area contributed by atoms with Crippen LogP contribution in [0.25, 0.3) is 0 Å². The predicted molar refractivity (Wildman–Crippen MR) is 70.5 cm³/mol. The van der Waals surface area contributed by atoms with E-state index in [-0.39, 0.29) is 13.2 Å². The summed E-state index contributed by atoms with van der Waals surface area (Å²) < 4.78 is 4.82. The van der Waals surface area contributed by atoms with E-state index in [9.17, 15) is 14.4 Å². The van der Waals surface area contributed by atoms with E-state index in [1.165, 1.54) is 7.05 Å². The van der Waals surface area contributed by atoms with Crippen molar-refractivity contribution >= 4 is 17.9 Å². The molecule has 0 spiro atoms. The summed E-state index contributed by atoms with van der Waals surface area (Å²) in [7, 11) is 1.41. The number of esters is 1. The van der Waals surface area contributed by atoms with Gasteiger partial charge in [-0.2, -0.15) is 0 Å². The minimum absolute atomic E-state index is 0.0395. The molecule has 0 saturated carbocycles. The van der Waals surface area contributed by atoms with E-state index in [1.807, 2.05) is 0 Å². The van der Waals surface area contributed by atoms with Crippen LogP contribution in [0.4, 0.5) is 4.79 Å². The van der Waals surface area contributed by atoms with E-state index >= 15 is 0 Å². The number of imide groups is 1. The molecule has 1 unspecified atom stereocenters. The first-order valence-electron chi connectivity index (χ1n) is 5.99. The number of rotatable bonds is 7. The van der Waals surface area contributed by atoms with Crippen LogP contribution in [0.5, 0.6) is 0 Å². The normalized spacial score (nSPS) is 11.6. The number of carbonyl (C=O) groups excluding carboxylic acids is 3. The number of ether oxygens (including phenoxy) is 1. The van der Waals surface area contributed by atoms with Crippen molar-refractivity contribution in [3.63, 3.8) is 0 Å². The van der Waals surface area contributed by atoms with Gasteiger partial charge in [0.2, 0.25) is 5.91 Å². The van der Waals surface area contributed by atoms with E-state index in [0.717, 1.165) is 0 Å². The lowest BCUT2D eigenvalue weighted by atomic mass is 10.2. The van der Waals surface area contributed by atoms with Gasteiger partial charge in [0.05, 0.1) is 19.2 Å². The molecular formula is C12H21N3O4. The van der Waals surface area contributed by atoms with E-state index in [2.05, 4.69) is 17.2 Å². The number of amides is 3. The van der Waals surface area contributed by atoms with Gasteiger partial charge in [0.15, 0.2) is 0 Å². The molecule has 7 nitrogen and oxygen atoms in total. The Kier molecular flexibility index (Phi) is 8.19. The second kappa shape index (κ2) is 9.09. The molecule has 7 heteroatoms. The third kappa shape index (κ3) is 6.56. The van der Waals surface area contributed by atoms with Crippen LogP contribution in [0.2, 0.25) is 0 Å². The monoisotopic (exact) mass is 271 g/mol. The van der Waals surface area contributed by atoms with Crippen LogP contribution in [-0.4, -0.2) is 55.6 Å². The standard InChI is InChI=1S/C12H21N3O4/c1-5-7-15(8-10(16)19-6-2)9(3)11(17)14-12(18)13-4/h5,9H,1,6-8H2,2-4H3,(H2,13,14,17,18). The van der Waals surface area contributed by atoms with Crippen molar-refractivity contribution < 1.29 is 19.1 Å². The van der Waals surface area contributed by atoms with E-state index < -0.39 is 23.9 Å². The summed E-state index contributed by atoms with van der Waals surface area (Å²) in [6.07, 6.45) is 1.57. The zero-order valence-electron chi connectivity index (χ0n) is 11.6. The average molecular weight is 271 g/mol. The summed E-state index contributed by atoms with van der Waals surface area (Å²) in [5.74, 6) is -0.922. The Hall–Kier alpha value is -1.89. The van der Waals surface area contributed by atoms with Gasteiger partial charge in [0.1, 0.15) is 0 Å². The largest absolute Gasteiger partial charge is 0.465 e. The molecule has 0 bridgehead atoms. The molecule has 0 rings (SSSR count). The predicted octanol–water partition coefficient (Wildman–Crippen LogP) is -0.118. The Morgan fingerprint density at radius 3 is 2.53 bits per heavy atom. The molecule has 0 aliphatic rings. The highest BCUT2D eigenvalue weighted by Crippen LogP contribution is 2.00. The smallest absolute Gasteiger partial charge is 0.321 e. The first-order chi connectivity index (χ1) is 8.96. The maximum absolute atomic E-state index is 11.8. The highest BCUT2D eigenvalue weighted by atomic mass is 16.5. The van der Waals surface area contributed by atoms with Crippen molar-refractivity contribution in [2.45, 2.75) is 19.9 Å². The summed E-state index contributed by atoms with van der Waals surface area (Å²) >= 11 is 0. The first kappa shape index (κ1) is 17.1. The van der Waals surface area contributed by atoms with Crippen molar-refractivity contribution in [1.82, 2.24) is 15.5 Å². The molecular weight excluding hydrogens is 250 g/mol. The molecule has 0 aromatic rings. The van der Waals surface area contributed by atoms with Crippen molar-refractivity contribution in [3.8, 4) is 0 Å². The minimum Gasteiger partial charge on any atom is -0.465 e. The fraction of sp³-hybridized carbons (Fsp3) is 0.583. The fourth-order valence-corrected chi connectivity index (χ4v) is 1.34. The Morgan fingerprint density at radius 2 is 2.05 bits per heavy atom. The van der Waals surface area contributed by atoms with E-state index in [4.69, 9.17) is 4.74 Å². The van der Waals surface area contributed by atoms with Crippen LogP contribution >= 0.6 is 0 Å². The number of carbonyl (C=O) groups is 3. The molecule has 0 aromatic heterocycles. The van der Waals surface area contributed by atoms with Crippen molar-refractivity contribution in [2.24, 2.45) is 0 Å². The molecule has 0 radical (unpaired) electrons. The Labute approximate surface area is 113 Å². The molecule has 2 N–H and O–H groups in total. The second-order valence-corrected chi connectivity index (χ2v) is 3.77. The van der Waals surface area contributed by atoms with Crippen molar-refractivity contribution in [3.05, 3.63) is 12.7 Å². The lowest BCUT2D eigenvalue weighted by molar-refractivity contribution is -0.145. The summed E-state index contributed by atoms with van der Waals surface area (Å²) in [5, 5.41) is 4.44. The van der Waals surface area contributed by atoms with Gasteiger partial charge >= 0.3 is 12.0 Å². The summed E-state index contributed by atoms with van der Waals surface area (Å²) in [4.78, 5) is 35.8. The first-order valence-corrected chi connectivity index (χ1v) is 5.99. The van der Waals surface area contributed by atoms with Gasteiger partial charge in [-0.3, -0.25) is 19.8 Å². The van der Waals surface area contributed by atoms with Crippen LogP contribution in [0.15, 0.2) is 12.7 Å². The number of hydrogen-bond acceptors (Lipinski definition) is 5. The maximum atomic E-state index is 11.8. The third-order valence-electron chi connectivity index (χ3n) is 2.39. The highest BCUT2D eigenvalue weighted by Gasteiger charge is 2.24. The van der Waals surface area contributed by atoms with Gasteiger partial charge in [-0.05, 0) is 13.8 Å². The lowest BCUT2D eigenvalue weighted by Crippen LogP contribution is -2.50. The van der Waals surface area contributed by atoms with Crippen molar-refractivity contribution in [2.75, 3.05) is 26.7 Å². The van der Waals surface area contributed by atoms with Crippen LogP contribution in [-0.2, 0) is 14.3 Å². The van der Waals surface area contributed by atoms with Gasteiger partial charge in [0.25, 0.3) is 0 Å². The van der Waals surface area contributed by atoms with Crippen LogP contribution in [0, 0.1) is 0 Å². The van der Waals surface area contributed by atoms with Crippen LogP contribution in [0.1, 0.15) is 13.8 Å². The van der Waals surface area contributed by atoms with E-state index in [0.29, 0.717) is 6.54 Å². The Balaban J connectivity index is 4.58. The molecule has 3 amide bonds. The van der Waals surface area contributed by atoms with Gasteiger partial charge in [0, 0.05) is 13.6 Å². The summed E-state index contributed by atoms with van der Waals surface area (Å²) in [6.45, 7) is 7.44. The molecule has 0 saturated heterocycles. The highest BCUT2D eigenvalue weighted by molar-refractivity contribution is 5.96. The minimum atomic E-state index is -0.653. The van der Waals surface area contributed by atoms with E-state index in [1.54, 1.807) is 24.8 Å². The number of nitrogens with zero attached hydrogens (tertiary/aromatic N) is 1. The third-order valence-corrected chi connectivity index (χ3v) is 2.39. The average Bonchev–Trinajstić information content (AvgIpc) is 2.37. The quantitative estimate of drug-likeness (QED) is 0.498. The molecule has 0 heterocycles. The molecule has 108 valence electrons. The van der Waals surface area contributed by atoms with Gasteiger partial charge in [-0.25, -0.2) is 4.79 Å². The van der Waals surface area contributed by atoms with Gasteiger partial charge in [-0.15, -0.1) is 6.58 Å². The number of hydrogen-bond donors (Lipinski definition) is 2. The van der Waals surface area contributed by atoms with Crippen LogP contribution in [0.3, 0.4) is 0 Å². The van der Waals surface area contributed by atoms with Crippen molar-refractivity contribution in [1.29, 1.82) is 0 Å². The lowest BCUT2D eigenvalue weighted by Gasteiger charge is -2.25. The van der Waals surface area contributed by atoms with Crippen LogP contribution < -0.4 is 10.6 Å². The SMILES string of the molecule is C=CCN(CC(=O)OCC)C(C)C(=O)NC(=O)NC. The van der Waals surface area contributed by atoms with Gasteiger partial charge < -0.3 is 10.1 Å². The van der Waals surface area contributed by atoms with Gasteiger partial charge in [-0.1, -0.05) is 6.08 Å². The molecule has 0 fully saturated rings. The maximum Gasteiger partial charge on any atom is 0.321 e. The molecule has 0 aromatic carbocycles. The zero-order valence-corrected chi connectivity index (χ0v) is 11.6. The fourth-order valence-electron chi connectivity index (χ4n) is 1.34. The Morgan fingerprint density at radius 1 is 1.42 bits per heavy atom.